The van der Waals surface area contributed by atoms with Gasteiger partial charge in [-0.15, -0.1) is 0 Å². The van der Waals surface area contributed by atoms with Crippen molar-refractivity contribution in [2.75, 3.05) is 32.1 Å². The number of aliphatic hydroxyl groups is 1. The third kappa shape index (κ3) is 4.26. The van der Waals surface area contributed by atoms with Gasteiger partial charge in [0, 0.05) is 53.4 Å². The highest BCUT2D eigenvalue weighted by molar-refractivity contribution is 5.95. The van der Waals surface area contributed by atoms with Crippen molar-refractivity contribution in [2.45, 2.75) is 38.1 Å². The molecule has 1 saturated heterocycles. The second-order valence-electron chi connectivity index (χ2n) is 9.75. The van der Waals surface area contributed by atoms with Crippen LogP contribution in [0.25, 0.3) is 11.3 Å². The third-order valence-corrected chi connectivity index (χ3v) is 6.97. The Labute approximate surface area is 199 Å². The number of amides is 1. The molecule has 0 saturated carbocycles. The number of rotatable bonds is 6. The molecule has 0 radical (unpaired) electrons. The van der Waals surface area contributed by atoms with Gasteiger partial charge in [-0.05, 0) is 68.3 Å². The Hall–Kier alpha value is -3.36. The Morgan fingerprint density at radius 3 is 2.79 bits per heavy atom. The van der Waals surface area contributed by atoms with Crippen LogP contribution in [0.2, 0.25) is 0 Å². The molecule has 176 valence electrons. The van der Waals surface area contributed by atoms with Crippen molar-refractivity contribution < 1.29 is 9.90 Å². The van der Waals surface area contributed by atoms with Crippen molar-refractivity contribution in [1.29, 1.82) is 0 Å². The molecular weight excluding hydrogens is 428 g/mol. The van der Waals surface area contributed by atoms with Crippen LogP contribution in [0.3, 0.4) is 0 Å². The van der Waals surface area contributed by atoms with Gasteiger partial charge in [0.25, 0.3) is 5.91 Å². The maximum absolute atomic E-state index is 12.5. The smallest absolute Gasteiger partial charge is 0.251 e. The van der Waals surface area contributed by atoms with Crippen LogP contribution in [0, 0.1) is 6.92 Å². The number of benzene rings is 1. The van der Waals surface area contributed by atoms with E-state index >= 15 is 0 Å². The molecule has 3 aromatic rings. The molecule has 1 unspecified atom stereocenters. The van der Waals surface area contributed by atoms with Gasteiger partial charge >= 0.3 is 0 Å². The second-order valence-corrected chi connectivity index (χ2v) is 9.75. The summed E-state index contributed by atoms with van der Waals surface area (Å²) in [5, 5.41) is 16.2. The molecule has 1 amide bonds. The van der Waals surface area contributed by atoms with Crippen molar-refractivity contribution in [3.05, 3.63) is 65.1 Å². The van der Waals surface area contributed by atoms with E-state index in [2.05, 4.69) is 38.5 Å². The van der Waals surface area contributed by atoms with Crippen LogP contribution in [-0.4, -0.2) is 63.7 Å². The lowest BCUT2D eigenvalue weighted by molar-refractivity contribution is 0.0857. The molecule has 1 atom stereocenters. The monoisotopic (exact) mass is 458 g/mol. The van der Waals surface area contributed by atoms with Crippen LogP contribution < -0.4 is 10.6 Å². The first kappa shape index (κ1) is 22.4. The number of aryl methyl sites for hydroxylation is 2. The molecule has 3 N–H and O–H groups in total. The van der Waals surface area contributed by atoms with E-state index < -0.39 is 0 Å². The zero-order valence-electron chi connectivity index (χ0n) is 19.8. The van der Waals surface area contributed by atoms with Crippen LogP contribution in [-0.2, 0) is 11.8 Å². The molecule has 2 aromatic heterocycles. The second kappa shape index (κ2) is 8.77. The summed E-state index contributed by atoms with van der Waals surface area (Å²) >= 11 is 0. The first-order chi connectivity index (χ1) is 16.3. The summed E-state index contributed by atoms with van der Waals surface area (Å²) in [6.45, 7) is 5.91. The number of carbonyl (C=O) groups is 1. The number of likely N-dealkylation sites (N-methyl/N-ethyl adjacent to an activating group) is 1. The van der Waals surface area contributed by atoms with Gasteiger partial charge in [0.05, 0.1) is 18.3 Å². The lowest BCUT2D eigenvalue weighted by Gasteiger charge is -2.36. The quantitative estimate of drug-likeness (QED) is 0.522. The predicted molar refractivity (Wildman–Crippen MR) is 131 cm³/mol. The Morgan fingerprint density at radius 2 is 2.06 bits per heavy atom. The van der Waals surface area contributed by atoms with Gasteiger partial charge in [-0.3, -0.25) is 9.78 Å². The molecule has 5 rings (SSSR count). The molecular formula is C26H30N6O2. The van der Waals surface area contributed by atoms with Gasteiger partial charge in [-0.1, -0.05) is 6.92 Å². The minimum absolute atomic E-state index is 0.0509. The predicted octanol–water partition coefficient (Wildman–Crippen LogP) is 2.83. The number of hydrogen-bond donors (Lipinski definition) is 3. The SMILES string of the molecule is Cc1cc(C(=O)NC2CN(C)C2)ccc1Nc1nccc(-c2cnc3c(c2)C(C)(CO)CC3)n1. The van der Waals surface area contributed by atoms with Gasteiger partial charge in [0.2, 0.25) is 5.95 Å². The average molecular weight is 459 g/mol. The topological polar surface area (TPSA) is 103 Å². The van der Waals surface area contributed by atoms with Crippen molar-refractivity contribution >= 4 is 17.5 Å². The number of aliphatic hydroxyl groups excluding tert-OH is 1. The van der Waals surface area contributed by atoms with Crippen molar-refractivity contribution in [2.24, 2.45) is 0 Å². The average Bonchev–Trinajstić information content (AvgIpc) is 3.16. The van der Waals surface area contributed by atoms with E-state index in [1.807, 2.05) is 44.4 Å². The van der Waals surface area contributed by atoms with Crippen LogP contribution in [0.4, 0.5) is 11.6 Å². The molecule has 1 aliphatic heterocycles. The van der Waals surface area contributed by atoms with Gasteiger partial charge in [-0.25, -0.2) is 9.97 Å². The lowest BCUT2D eigenvalue weighted by Crippen LogP contribution is -2.57. The molecule has 0 spiro atoms. The molecule has 1 aromatic carbocycles. The number of nitrogens with one attached hydrogen (secondary N) is 2. The highest BCUT2D eigenvalue weighted by Gasteiger charge is 2.35. The fraction of sp³-hybridized carbons (Fsp3) is 0.385. The van der Waals surface area contributed by atoms with Crippen LogP contribution >= 0.6 is 0 Å². The fourth-order valence-electron chi connectivity index (χ4n) is 4.75. The summed E-state index contributed by atoms with van der Waals surface area (Å²) in [4.78, 5) is 28.4. The van der Waals surface area contributed by atoms with E-state index in [0.717, 1.165) is 59.7 Å². The van der Waals surface area contributed by atoms with E-state index in [0.29, 0.717) is 11.5 Å². The summed E-state index contributed by atoms with van der Waals surface area (Å²) in [5.41, 5.74) is 5.98. The highest BCUT2D eigenvalue weighted by atomic mass is 16.3. The molecule has 1 aliphatic carbocycles. The minimum atomic E-state index is -0.258. The van der Waals surface area contributed by atoms with E-state index in [9.17, 15) is 9.90 Å². The fourth-order valence-corrected chi connectivity index (χ4v) is 4.75. The summed E-state index contributed by atoms with van der Waals surface area (Å²) in [7, 11) is 2.04. The molecule has 8 nitrogen and oxygen atoms in total. The first-order valence-corrected chi connectivity index (χ1v) is 11.7. The summed E-state index contributed by atoms with van der Waals surface area (Å²) in [6.07, 6.45) is 5.34. The number of carbonyl (C=O) groups excluding carboxylic acids is 1. The Kier molecular flexibility index (Phi) is 5.79. The number of hydrogen-bond acceptors (Lipinski definition) is 7. The van der Waals surface area contributed by atoms with Crippen LogP contribution in [0.15, 0.2) is 42.7 Å². The number of pyridine rings is 1. The zero-order valence-corrected chi connectivity index (χ0v) is 19.8. The third-order valence-electron chi connectivity index (χ3n) is 6.97. The van der Waals surface area contributed by atoms with Gasteiger partial charge in [-0.2, -0.15) is 0 Å². The largest absolute Gasteiger partial charge is 0.395 e. The van der Waals surface area contributed by atoms with Gasteiger partial charge in [0.15, 0.2) is 0 Å². The molecule has 1 fully saturated rings. The molecule has 34 heavy (non-hydrogen) atoms. The number of fused-ring (bicyclic) bond motifs is 1. The van der Waals surface area contributed by atoms with E-state index in [1.165, 1.54) is 0 Å². The highest BCUT2D eigenvalue weighted by Crippen LogP contribution is 2.39. The van der Waals surface area contributed by atoms with Gasteiger partial charge < -0.3 is 20.6 Å². The van der Waals surface area contributed by atoms with Crippen LogP contribution in [0.5, 0.6) is 0 Å². The number of nitrogens with zero attached hydrogens (tertiary/aromatic N) is 4. The summed E-state index contributed by atoms with van der Waals surface area (Å²) in [6, 6.07) is 9.75. The maximum atomic E-state index is 12.5. The molecule has 8 heteroatoms. The normalized spacial score (nSPS) is 20.0. The maximum Gasteiger partial charge on any atom is 0.251 e. The first-order valence-electron chi connectivity index (χ1n) is 11.7. The Bertz CT molecular complexity index is 1240. The van der Waals surface area contributed by atoms with Crippen molar-refractivity contribution in [3.8, 4) is 11.3 Å². The zero-order chi connectivity index (χ0) is 23.9. The van der Waals surface area contributed by atoms with Crippen molar-refractivity contribution in [1.82, 2.24) is 25.2 Å². The number of aromatic nitrogens is 3. The number of anilines is 2. The molecule has 0 bridgehead atoms. The number of likely N-dealkylation sites (tertiary alicyclic amines) is 1. The minimum Gasteiger partial charge on any atom is -0.395 e. The van der Waals surface area contributed by atoms with Gasteiger partial charge in [0.1, 0.15) is 0 Å². The Morgan fingerprint density at radius 1 is 1.24 bits per heavy atom. The van der Waals surface area contributed by atoms with Crippen molar-refractivity contribution in [3.63, 3.8) is 0 Å². The van der Waals surface area contributed by atoms with E-state index in [4.69, 9.17) is 4.98 Å². The standard InChI is InChI=1S/C26H30N6O2/c1-16-10-17(24(34)29-19-13-32(3)14-19)4-5-21(16)30-25-27-9-7-22(31-25)18-11-20-23(28-12-18)6-8-26(20,2)15-33/h4-5,7,9-12,19,33H,6,8,13-15H2,1-3H3,(H,29,34)(H,27,30,31). The van der Waals surface area contributed by atoms with Crippen LogP contribution in [0.1, 0.15) is 40.5 Å². The molecule has 2 aliphatic rings. The lowest BCUT2D eigenvalue weighted by atomic mass is 9.85. The molecule has 3 heterocycles. The summed E-state index contributed by atoms with van der Waals surface area (Å²) < 4.78 is 0. The van der Waals surface area contributed by atoms with E-state index in [-0.39, 0.29) is 24.0 Å². The summed E-state index contributed by atoms with van der Waals surface area (Å²) in [5.74, 6) is 0.422. The Balaban J connectivity index is 1.33. The van der Waals surface area contributed by atoms with E-state index in [1.54, 1.807) is 6.20 Å².